The van der Waals surface area contributed by atoms with E-state index in [2.05, 4.69) is 40.8 Å². The molecule has 0 spiro atoms. The fraction of sp³-hybridized carbons (Fsp3) is 0.500. The average Bonchev–Trinajstić information content (AvgIpc) is 3.03. The van der Waals surface area contributed by atoms with Gasteiger partial charge >= 0.3 is 0 Å². The highest BCUT2D eigenvalue weighted by Crippen LogP contribution is 2.30. The molecule has 0 aliphatic carbocycles. The molecule has 0 N–H and O–H groups in total. The molecule has 142 valence electrons. The van der Waals surface area contributed by atoms with Crippen LogP contribution in [0.3, 0.4) is 0 Å². The standard InChI is InChI=1S/C20H30N4OS/c1-7-24(8-2)13-12-23(6)20(25)18-15(3)21-19(26-18)16-10-9-11-17(14-16)22(4)5/h9-11,14H,7-8,12-13H2,1-6H3. The lowest BCUT2D eigenvalue weighted by Crippen LogP contribution is -2.36. The van der Waals surface area contributed by atoms with E-state index >= 15 is 0 Å². The summed E-state index contributed by atoms with van der Waals surface area (Å²) in [6.07, 6.45) is 0. The van der Waals surface area contributed by atoms with Gasteiger partial charge in [0.1, 0.15) is 9.88 Å². The van der Waals surface area contributed by atoms with Gasteiger partial charge < -0.3 is 14.7 Å². The van der Waals surface area contributed by atoms with E-state index in [4.69, 9.17) is 0 Å². The maximum atomic E-state index is 12.8. The zero-order chi connectivity index (χ0) is 19.3. The highest BCUT2D eigenvalue weighted by Gasteiger charge is 2.20. The van der Waals surface area contributed by atoms with Crippen LogP contribution in [0.4, 0.5) is 5.69 Å². The zero-order valence-electron chi connectivity index (χ0n) is 16.7. The summed E-state index contributed by atoms with van der Waals surface area (Å²) in [7, 11) is 5.91. The summed E-state index contributed by atoms with van der Waals surface area (Å²) >= 11 is 1.48. The Hall–Kier alpha value is -1.92. The van der Waals surface area contributed by atoms with Gasteiger partial charge in [-0.3, -0.25) is 4.79 Å². The molecule has 1 heterocycles. The Morgan fingerprint density at radius 2 is 1.81 bits per heavy atom. The molecule has 26 heavy (non-hydrogen) atoms. The molecule has 1 amide bonds. The number of amides is 1. The van der Waals surface area contributed by atoms with Crippen LogP contribution in [0.15, 0.2) is 24.3 Å². The summed E-state index contributed by atoms with van der Waals surface area (Å²) in [6, 6.07) is 8.25. The van der Waals surface area contributed by atoms with E-state index in [0.29, 0.717) is 0 Å². The molecular weight excluding hydrogens is 344 g/mol. The van der Waals surface area contributed by atoms with E-state index < -0.39 is 0 Å². The molecule has 2 aromatic rings. The van der Waals surface area contributed by atoms with Crippen LogP contribution >= 0.6 is 11.3 Å². The highest BCUT2D eigenvalue weighted by atomic mass is 32.1. The number of aryl methyl sites for hydroxylation is 1. The lowest BCUT2D eigenvalue weighted by Gasteiger charge is -2.22. The lowest BCUT2D eigenvalue weighted by molar-refractivity contribution is 0.0783. The second-order valence-corrected chi connectivity index (χ2v) is 7.63. The number of carbonyl (C=O) groups is 1. The summed E-state index contributed by atoms with van der Waals surface area (Å²) in [4.78, 5) is 24.4. The molecular formula is C20H30N4OS. The van der Waals surface area contributed by atoms with Gasteiger partial charge in [-0.25, -0.2) is 4.98 Å². The molecule has 0 fully saturated rings. The molecule has 0 bridgehead atoms. The third kappa shape index (κ3) is 4.83. The Morgan fingerprint density at radius 1 is 1.12 bits per heavy atom. The summed E-state index contributed by atoms with van der Waals surface area (Å²) in [6.45, 7) is 9.84. The van der Waals surface area contributed by atoms with Crippen LogP contribution in [0.25, 0.3) is 10.6 Å². The van der Waals surface area contributed by atoms with Crippen molar-refractivity contribution < 1.29 is 4.79 Å². The maximum absolute atomic E-state index is 12.8. The first kappa shape index (κ1) is 20.4. The van der Waals surface area contributed by atoms with E-state index in [1.807, 2.05) is 40.2 Å². The average molecular weight is 375 g/mol. The largest absolute Gasteiger partial charge is 0.378 e. The van der Waals surface area contributed by atoms with E-state index in [0.717, 1.165) is 53.0 Å². The molecule has 6 heteroatoms. The second kappa shape index (κ2) is 9.14. The topological polar surface area (TPSA) is 39.7 Å². The van der Waals surface area contributed by atoms with Crippen molar-refractivity contribution in [2.45, 2.75) is 20.8 Å². The van der Waals surface area contributed by atoms with Gasteiger partial charge in [0.15, 0.2) is 0 Å². The van der Waals surface area contributed by atoms with Crippen LogP contribution in [0.5, 0.6) is 0 Å². The first-order valence-corrected chi connectivity index (χ1v) is 9.92. The molecule has 1 aromatic carbocycles. The number of benzene rings is 1. The number of nitrogens with zero attached hydrogens (tertiary/aromatic N) is 4. The molecule has 0 aliphatic rings. The van der Waals surface area contributed by atoms with Gasteiger partial charge in [0.2, 0.25) is 0 Å². The Balaban J connectivity index is 2.16. The van der Waals surface area contributed by atoms with Gasteiger partial charge in [-0.1, -0.05) is 26.0 Å². The van der Waals surface area contributed by atoms with Gasteiger partial charge in [-0.2, -0.15) is 0 Å². The monoisotopic (exact) mass is 374 g/mol. The number of aromatic nitrogens is 1. The van der Waals surface area contributed by atoms with Crippen molar-refractivity contribution in [1.82, 2.24) is 14.8 Å². The first-order valence-electron chi connectivity index (χ1n) is 9.10. The van der Waals surface area contributed by atoms with Gasteiger partial charge in [0.05, 0.1) is 5.69 Å². The summed E-state index contributed by atoms with van der Waals surface area (Å²) in [5.74, 6) is 0.0576. The SMILES string of the molecule is CCN(CC)CCN(C)C(=O)c1sc(-c2cccc(N(C)C)c2)nc1C. The van der Waals surface area contributed by atoms with E-state index in [9.17, 15) is 4.79 Å². The molecule has 0 aliphatic heterocycles. The molecule has 0 atom stereocenters. The van der Waals surface area contributed by atoms with Crippen molar-refractivity contribution in [2.75, 3.05) is 52.2 Å². The minimum absolute atomic E-state index is 0.0576. The van der Waals surface area contributed by atoms with Crippen molar-refractivity contribution >= 4 is 22.9 Å². The molecule has 2 rings (SSSR count). The van der Waals surface area contributed by atoms with Crippen molar-refractivity contribution in [2.24, 2.45) is 0 Å². The van der Waals surface area contributed by atoms with Gasteiger partial charge in [-0.15, -0.1) is 11.3 Å². The molecule has 0 radical (unpaired) electrons. The smallest absolute Gasteiger partial charge is 0.265 e. The van der Waals surface area contributed by atoms with Crippen molar-refractivity contribution in [3.8, 4) is 10.6 Å². The quantitative estimate of drug-likeness (QED) is 0.708. The number of thiazole rings is 1. The van der Waals surface area contributed by atoms with E-state index in [1.165, 1.54) is 11.3 Å². The Labute approximate surface area is 161 Å². The number of hydrogen-bond donors (Lipinski definition) is 0. The molecule has 0 unspecified atom stereocenters. The second-order valence-electron chi connectivity index (χ2n) is 6.63. The molecule has 0 saturated heterocycles. The molecule has 0 saturated carbocycles. The normalized spacial score (nSPS) is 11.0. The summed E-state index contributed by atoms with van der Waals surface area (Å²) in [5.41, 5.74) is 2.98. The van der Waals surface area contributed by atoms with Crippen LogP contribution in [-0.2, 0) is 0 Å². The third-order valence-corrected chi connectivity index (χ3v) is 5.79. The van der Waals surface area contributed by atoms with Gasteiger partial charge in [0.25, 0.3) is 5.91 Å². The number of rotatable bonds is 8. The number of anilines is 1. The van der Waals surface area contributed by atoms with Crippen molar-refractivity contribution in [3.05, 3.63) is 34.8 Å². The fourth-order valence-electron chi connectivity index (χ4n) is 2.74. The Kier molecular flexibility index (Phi) is 7.17. The van der Waals surface area contributed by atoms with E-state index in [1.54, 1.807) is 4.90 Å². The van der Waals surface area contributed by atoms with Gasteiger partial charge in [-0.05, 0) is 32.1 Å². The number of hydrogen-bond acceptors (Lipinski definition) is 5. The summed E-state index contributed by atoms with van der Waals surface area (Å²) < 4.78 is 0. The molecule has 1 aromatic heterocycles. The molecule has 5 nitrogen and oxygen atoms in total. The van der Waals surface area contributed by atoms with Crippen molar-refractivity contribution in [3.63, 3.8) is 0 Å². The summed E-state index contributed by atoms with van der Waals surface area (Å²) in [5, 5.41) is 0.895. The minimum atomic E-state index is 0.0576. The van der Waals surface area contributed by atoms with Crippen molar-refractivity contribution in [1.29, 1.82) is 0 Å². The van der Waals surface area contributed by atoms with Crippen LogP contribution < -0.4 is 4.90 Å². The van der Waals surface area contributed by atoms with Crippen LogP contribution in [0, 0.1) is 6.92 Å². The lowest BCUT2D eigenvalue weighted by atomic mass is 10.2. The van der Waals surface area contributed by atoms with Crippen LogP contribution in [-0.4, -0.2) is 68.0 Å². The third-order valence-electron chi connectivity index (χ3n) is 4.59. The number of likely N-dealkylation sites (N-methyl/N-ethyl adjacent to an activating group) is 2. The first-order chi connectivity index (χ1) is 12.4. The number of carbonyl (C=O) groups excluding carboxylic acids is 1. The van der Waals surface area contributed by atoms with Gasteiger partial charge in [0, 0.05) is 45.5 Å². The predicted molar refractivity (Wildman–Crippen MR) is 111 cm³/mol. The van der Waals surface area contributed by atoms with Crippen LogP contribution in [0.1, 0.15) is 29.2 Å². The highest BCUT2D eigenvalue weighted by molar-refractivity contribution is 7.17. The maximum Gasteiger partial charge on any atom is 0.265 e. The van der Waals surface area contributed by atoms with Crippen LogP contribution in [0.2, 0.25) is 0 Å². The van der Waals surface area contributed by atoms with E-state index in [-0.39, 0.29) is 5.91 Å². The predicted octanol–water partition coefficient (Wildman–Crippen LogP) is 3.60. The zero-order valence-corrected chi connectivity index (χ0v) is 17.6. The fourth-order valence-corrected chi connectivity index (χ4v) is 3.80. The Bertz CT molecular complexity index is 737. The minimum Gasteiger partial charge on any atom is -0.378 e. The Morgan fingerprint density at radius 3 is 2.42 bits per heavy atom.